The first kappa shape index (κ1) is 21.4. The van der Waals surface area contributed by atoms with Gasteiger partial charge in [-0.05, 0) is 30.5 Å². The normalized spacial score (nSPS) is 10.9. The van der Waals surface area contributed by atoms with Crippen molar-refractivity contribution in [3.05, 3.63) is 51.5 Å². The van der Waals surface area contributed by atoms with Crippen molar-refractivity contribution in [1.82, 2.24) is 15.6 Å². The molecule has 0 aliphatic rings. The molecule has 0 aliphatic heterocycles. The number of aliphatic imine (C=N–C) groups is 1. The number of halogens is 1. The lowest BCUT2D eigenvalue weighted by Gasteiger charge is -2.10. The van der Waals surface area contributed by atoms with Gasteiger partial charge in [-0.2, -0.15) is 5.26 Å². The Kier molecular flexibility index (Phi) is 9.45. The van der Waals surface area contributed by atoms with E-state index in [1.54, 1.807) is 17.4 Å². The molecule has 0 radical (unpaired) electrons. The number of guanidine groups is 1. The van der Waals surface area contributed by atoms with E-state index in [9.17, 15) is 0 Å². The van der Waals surface area contributed by atoms with Gasteiger partial charge in [0, 0.05) is 11.9 Å². The predicted molar refractivity (Wildman–Crippen MR) is 114 cm³/mol. The molecule has 1 aromatic heterocycles. The number of hydrogen-bond acceptors (Lipinski definition) is 4. The van der Waals surface area contributed by atoms with Gasteiger partial charge in [0.15, 0.2) is 5.96 Å². The van der Waals surface area contributed by atoms with Crippen molar-refractivity contribution in [3.63, 3.8) is 0 Å². The molecule has 0 atom stereocenters. The number of benzene rings is 1. The largest absolute Gasteiger partial charge is 0.357 e. The summed E-state index contributed by atoms with van der Waals surface area (Å²) in [5.74, 6) is 1.20. The van der Waals surface area contributed by atoms with Gasteiger partial charge >= 0.3 is 0 Å². The zero-order valence-electron chi connectivity index (χ0n) is 14.7. The molecular formula is C18H24IN5S. The number of nitrogens with one attached hydrogen (secondary N) is 2. The quantitative estimate of drug-likeness (QED) is 0.381. The van der Waals surface area contributed by atoms with Crippen LogP contribution in [-0.2, 0) is 13.1 Å². The van der Waals surface area contributed by atoms with Crippen LogP contribution in [-0.4, -0.2) is 17.5 Å². The lowest BCUT2D eigenvalue weighted by molar-refractivity contribution is 0.788. The zero-order valence-corrected chi connectivity index (χ0v) is 17.9. The molecule has 0 spiro atoms. The Hall–Kier alpha value is -1.66. The molecule has 0 saturated carbocycles. The van der Waals surface area contributed by atoms with Crippen LogP contribution in [0.15, 0.2) is 34.6 Å². The van der Waals surface area contributed by atoms with Crippen molar-refractivity contribution < 1.29 is 0 Å². The third-order valence-corrected chi connectivity index (χ3v) is 4.26. The molecule has 0 amide bonds. The maximum absolute atomic E-state index is 8.96. The zero-order chi connectivity index (χ0) is 17.4. The molecule has 1 aromatic carbocycles. The number of hydrogen-bond donors (Lipinski definition) is 2. The summed E-state index contributed by atoms with van der Waals surface area (Å²) in [6.07, 6.45) is 0. The second-order valence-electron chi connectivity index (χ2n) is 5.68. The van der Waals surface area contributed by atoms with Crippen LogP contribution in [0.3, 0.4) is 0 Å². The standard InChI is InChI=1S/C18H23N5S.HI/c1-4-20-18(21-10-15-7-5-6-14(8-15)9-19)22-11-17-23-16(12-24-17)13(2)3;/h5-8,12-13H,4,10-11H2,1-3H3,(H2,20,21,22);1H. The smallest absolute Gasteiger partial charge is 0.191 e. The molecule has 2 aromatic rings. The van der Waals surface area contributed by atoms with Crippen LogP contribution < -0.4 is 10.6 Å². The van der Waals surface area contributed by atoms with Crippen molar-refractivity contribution in [2.24, 2.45) is 4.99 Å². The first-order valence-corrected chi connectivity index (χ1v) is 8.95. The minimum atomic E-state index is 0. The molecule has 0 unspecified atom stereocenters. The van der Waals surface area contributed by atoms with Gasteiger partial charge in [0.05, 0.1) is 30.4 Å². The van der Waals surface area contributed by atoms with Crippen LogP contribution in [0.1, 0.15) is 48.5 Å². The number of nitriles is 1. The van der Waals surface area contributed by atoms with Crippen molar-refractivity contribution in [2.75, 3.05) is 6.54 Å². The van der Waals surface area contributed by atoms with Gasteiger partial charge in [-0.25, -0.2) is 9.98 Å². The molecule has 0 bridgehead atoms. The number of aromatic nitrogens is 1. The summed E-state index contributed by atoms with van der Waals surface area (Å²) in [5.41, 5.74) is 2.80. The summed E-state index contributed by atoms with van der Waals surface area (Å²) in [7, 11) is 0. The monoisotopic (exact) mass is 469 g/mol. The van der Waals surface area contributed by atoms with Gasteiger partial charge in [-0.1, -0.05) is 26.0 Å². The SMILES string of the molecule is CCNC(=NCc1cccc(C#N)c1)NCc1nc(C(C)C)cs1.I. The fourth-order valence-electron chi connectivity index (χ4n) is 2.08. The molecule has 25 heavy (non-hydrogen) atoms. The fraction of sp³-hybridized carbons (Fsp3) is 0.389. The van der Waals surface area contributed by atoms with Crippen molar-refractivity contribution in [2.45, 2.75) is 39.8 Å². The Balaban J connectivity index is 0.00000312. The highest BCUT2D eigenvalue weighted by atomic mass is 127. The maximum atomic E-state index is 8.96. The minimum Gasteiger partial charge on any atom is -0.357 e. The summed E-state index contributed by atoms with van der Waals surface area (Å²) in [6, 6.07) is 9.67. The second-order valence-corrected chi connectivity index (χ2v) is 6.62. The molecule has 0 saturated heterocycles. The van der Waals surface area contributed by atoms with E-state index in [-0.39, 0.29) is 24.0 Å². The first-order chi connectivity index (χ1) is 11.6. The van der Waals surface area contributed by atoms with E-state index in [4.69, 9.17) is 5.26 Å². The summed E-state index contributed by atoms with van der Waals surface area (Å²) < 4.78 is 0. The van der Waals surface area contributed by atoms with Gasteiger partial charge < -0.3 is 10.6 Å². The second kappa shape index (κ2) is 11.1. The minimum absolute atomic E-state index is 0. The highest BCUT2D eigenvalue weighted by molar-refractivity contribution is 14.0. The van der Waals surface area contributed by atoms with Gasteiger partial charge in [-0.15, -0.1) is 35.3 Å². The Morgan fingerprint density at radius 3 is 2.80 bits per heavy atom. The van der Waals surface area contributed by atoms with Crippen LogP contribution in [0.2, 0.25) is 0 Å². The summed E-state index contributed by atoms with van der Waals surface area (Å²) in [6.45, 7) is 8.30. The number of nitrogens with zero attached hydrogens (tertiary/aromatic N) is 3. The van der Waals surface area contributed by atoms with Gasteiger partial charge in [0.1, 0.15) is 5.01 Å². The molecule has 2 rings (SSSR count). The first-order valence-electron chi connectivity index (χ1n) is 8.08. The van der Waals surface area contributed by atoms with Crippen LogP contribution in [0.25, 0.3) is 0 Å². The maximum Gasteiger partial charge on any atom is 0.191 e. The van der Waals surface area contributed by atoms with Gasteiger partial charge in [0.25, 0.3) is 0 Å². The molecule has 134 valence electrons. The summed E-state index contributed by atoms with van der Waals surface area (Å²) in [4.78, 5) is 9.20. The molecule has 5 nitrogen and oxygen atoms in total. The Bertz CT molecular complexity index is 733. The van der Waals surface area contributed by atoms with E-state index in [1.165, 1.54) is 0 Å². The average Bonchev–Trinajstić information content (AvgIpc) is 3.07. The molecule has 2 N–H and O–H groups in total. The van der Waals surface area contributed by atoms with E-state index in [0.29, 0.717) is 24.6 Å². The number of rotatable bonds is 6. The molecule has 1 heterocycles. The average molecular weight is 469 g/mol. The van der Waals surface area contributed by atoms with Crippen molar-refractivity contribution in [1.29, 1.82) is 5.26 Å². The summed E-state index contributed by atoms with van der Waals surface area (Å²) >= 11 is 1.66. The van der Waals surface area contributed by atoms with Gasteiger partial charge in [0.2, 0.25) is 0 Å². The van der Waals surface area contributed by atoms with Crippen LogP contribution in [0.5, 0.6) is 0 Å². The third kappa shape index (κ3) is 7.00. The topological polar surface area (TPSA) is 73.1 Å². The highest BCUT2D eigenvalue weighted by Gasteiger charge is 2.06. The molecule has 0 fully saturated rings. The van der Waals surface area contributed by atoms with Crippen molar-refractivity contribution in [3.8, 4) is 6.07 Å². The molecule has 7 heteroatoms. The highest BCUT2D eigenvalue weighted by Crippen LogP contribution is 2.17. The fourth-order valence-corrected chi connectivity index (χ4v) is 2.98. The van der Waals surface area contributed by atoms with E-state index in [2.05, 4.69) is 45.9 Å². The lowest BCUT2D eigenvalue weighted by atomic mass is 10.1. The lowest BCUT2D eigenvalue weighted by Crippen LogP contribution is -2.36. The van der Waals surface area contributed by atoms with E-state index >= 15 is 0 Å². The number of thiazole rings is 1. The Labute approximate surface area is 170 Å². The predicted octanol–water partition coefficient (Wildman–Crippen LogP) is 4.01. The molecule has 0 aliphatic carbocycles. The van der Waals surface area contributed by atoms with E-state index in [1.807, 2.05) is 25.1 Å². The van der Waals surface area contributed by atoms with Crippen LogP contribution in [0.4, 0.5) is 0 Å². The van der Waals surface area contributed by atoms with Gasteiger partial charge in [-0.3, -0.25) is 0 Å². The van der Waals surface area contributed by atoms with Crippen LogP contribution >= 0.6 is 35.3 Å². The Morgan fingerprint density at radius 2 is 2.16 bits per heavy atom. The third-order valence-electron chi connectivity index (χ3n) is 3.39. The summed E-state index contributed by atoms with van der Waals surface area (Å²) in [5, 5.41) is 18.7. The van der Waals surface area contributed by atoms with E-state index in [0.717, 1.165) is 28.8 Å². The van der Waals surface area contributed by atoms with Crippen LogP contribution in [0, 0.1) is 11.3 Å². The Morgan fingerprint density at radius 1 is 1.36 bits per heavy atom. The molecular weight excluding hydrogens is 445 g/mol. The van der Waals surface area contributed by atoms with E-state index < -0.39 is 0 Å². The van der Waals surface area contributed by atoms with Crippen molar-refractivity contribution >= 4 is 41.3 Å².